The predicted octanol–water partition coefficient (Wildman–Crippen LogP) is 3.60. The third-order valence-corrected chi connectivity index (χ3v) is 3.06. The molecule has 0 aliphatic heterocycles. The first-order valence-electron chi connectivity index (χ1n) is 4.87. The molecule has 0 bridgehead atoms. The summed E-state index contributed by atoms with van der Waals surface area (Å²) in [4.78, 5) is 0. The quantitative estimate of drug-likeness (QED) is 0.641. The van der Waals surface area contributed by atoms with Crippen LogP contribution >= 0.6 is 0 Å². The number of alkyl halides is 3. The second-order valence-corrected chi connectivity index (χ2v) is 4.37. The van der Waals surface area contributed by atoms with Crippen molar-refractivity contribution < 1.29 is 13.2 Å². The topological polar surface area (TPSA) is 0 Å². The maximum Gasteiger partial charge on any atom is 0.151 e. The van der Waals surface area contributed by atoms with Gasteiger partial charge in [-0.3, -0.25) is 0 Å². The molecule has 0 aromatic rings. The Bertz CT molecular complexity index is 193. The third kappa shape index (κ3) is 1.70. The normalized spacial score (nSPS) is 40.8. The Hall–Kier alpha value is -0.210. The Morgan fingerprint density at radius 1 is 1.31 bits per heavy atom. The van der Waals surface area contributed by atoms with Gasteiger partial charge in [-0.25, -0.2) is 13.2 Å². The summed E-state index contributed by atoms with van der Waals surface area (Å²) in [6.45, 7) is 4.92. The highest BCUT2D eigenvalue weighted by atomic mass is 19.2. The zero-order valence-corrected chi connectivity index (χ0v) is 8.41. The summed E-state index contributed by atoms with van der Waals surface area (Å²) in [5.41, 5.74) is -3.66. The molecule has 0 saturated heterocycles. The summed E-state index contributed by atoms with van der Waals surface area (Å²) < 4.78 is 40.1. The van der Waals surface area contributed by atoms with E-state index >= 15 is 0 Å². The lowest BCUT2D eigenvalue weighted by atomic mass is 10.00. The summed E-state index contributed by atoms with van der Waals surface area (Å²) in [5.74, 6) is -0.360. The predicted molar refractivity (Wildman–Crippen MR) is 46.9 cm³/mol. The molecule has 1 aliphatic rings. The van der Waals surface area contributed by atoms with Gasteiger partial charge in [0.1, 0.15) is 11.8 Å². The molecule has 0 nitrogen and oxygen atoms in total. The first-order valence-corrected chi connectivity index (χ1v) is 4.87. The van der Waals surface area contributed by atoms with Gasteiger partial charge in [0.25, 0.3) is 0 Å². The van der Waals surface area contributed by atoms with E-state index in [4.69, 9.17) is 0 Å². The van der Waals surface area contributed by atoms with Crippen molar-refractivity contribution in [1.82, 2.24) is 0 Å². The van der Waals surface area contributed by atoms with Gasteiger partial charge in [-0.1, -0.05) is 20.8 Å². The van der Waals surface area contributed by atoms with Crippen LogP contribution in [-0.4, -0.2) is 17.5 Å². The Morgan fingerprint density at radius 3 is 2.15 bits per heavy atom. The van der Waals surface area contributed by atoms with Gasteiger partial charge in [0, 0.05) is 12.8 Å². The van der Waals surface area contributed by atoms with Crippen molar-refractivity contribution in [3.63, 3.8) is 0 Å². The SMILES string of the molecule is CCC(F)CC1(F)CC1(F)C(C)C. The van der Waals surface area contributed by atoms with Crippen molar-refractivity contribution in [3.05, 3.63) is 0 Å². The number of hydrogen-bond acceptors (Lipinski definition) is 0. The highest BCUT2D eigenvalue weighted by molar-refractivity contribution is 5.20. The van der Waals surface area contributed by atoms with Crippen molar-refractivity contribution in [1.29, 1.82) is 0 Å². The van der Waals surface area contributed by atoms with Crippen LogP contribution in [-0.2, 0) is 0 Å². The van der Waals surface area contributed by atoms with Gasteiger partial charge in [-0.2, -0.15) is 0 Å². The van der Waals surface area contributed by atoms with E-state index in [2.05, 4.69) is 0 Å². The zero-order chi connectivity index (χ0) is 10.3. The van der Waals surface area contributed by atoms with Crippen molar-refractivity contribution in [2.45, 2.75) is 57.5 Å². The van der Waals surface area contributed by atoms with E-state index in [1.807, 2.05) is 0 Å². The van der Waals surface area contributed by atoms with Gasteiger partial charge in [0.05, 0.1) is 0 Å². The molecule has 78 valence electrons. The summed E-state index contributed by atoms with van der Waals surface area (Å²) >= 11 is 0. The second-order valence-electron chi connectivity index (χ2n) is 4.37. The van der Waals surface area contributed by atoms with Crippen LogP contribution in [0, 0.1) is 5.92 Å². The molecule has 1 saturated carbocycles. The van der Waals surface area contributed by atoms with Crippen molar-refractivity contribution in [3.8, 4) is 0 Å². The molecule has 0 heterocycles. The maximum atomic E-state index is 13.6. The average molecular weight is 194 g/mol. The molecule has 1 fully saturated rings. The fourth-order valence-electron chi connectivity index (χ4n) is 1.82. The fraction of sp³-hybridized carbons (Fsp3) is 1.00. The van der Waals surface area contributed by atoms with Crippen LogP contribution in [0.2, 0.25) is 0 Å². The van der Waals surface area contributed by atoms with E-state index in [0.29, 0.717) is 0 Å². The molecule has 3 atom stereocenters. The minimum Gasteiger partial charge on any atom is -0.247 e. The lowest BCUT2D eigenvalue weighted by Gasteiger charge is -2.16. The molecule has 13 heavy (non-hydrogen) atoms. The van der Waals surface area contributed by atoms with Crippen molar-refractivity contribution in [2.24, 2.45) is 5.92 Å². The molecule has 1 rings (SSSR count). The Morgan fingerprint density at radius 2 is 1.85 bits per heavy atom. The highest BCUT2D eigenvalue weighted by Crippen LogP contribution is 2.61. The largest absolute Gasteiger partial charge is 0.247 e. The second kappa shape index (κ2) is 3.18. The van der Waals surface area contributed by atoms with Crippen LogP contribution in [0.1, 0.15) is 40.0 Å². The summed E-state index contributed by atoms with van der Waals surface area (Å²) in [6.07, 6.45) is -1.35. The highest BCUT2D eigenvalue weighted by Gasteiger charge is 2.72. The minimum absolute atomic E-state index is 0.127. The van der Waals surface area contributed by atoms with E-state index in [1.54, 1.807) is 20.8 Å². The molecule has 0 radical (unpaired) electrons. The molecule has 3 unspecified atom stereocenters. The van der Waals surface area contributed by atoms with E-state index in [-0.39, 0.29) is 25.2 Å². The van der Waals surface area contributed by atoms with Gasteiger partial charge < -0.3 is 0 Å². The van der Waals surface area contributed by atoms with Crippen LogP contribution < -0.4 is 0 Å². The van der Waals surface area contributed by atoms with Crippen LogP contribution in [0.25, 0.3) is 0 Å². The number of rotatable bonds is 4. The summed E-state index contributed by atoms with van der Waals surface area (Å²) in [5, 5.41) is 0. The van der Waals surface area contributed by atoms with Gasteiger partial charge in [-0.15, -0.1) is 0 Å². The minimum atomic E-state index is -1.89. The molecule has 1 aliphatic carbocycles. The van der Waals surface area contributed by atoms with Crippen LogP contribution in [0.3, 0.4) is 0 Å². The maximum absolute atomic E-state index is 13.6. The van der Waals surface area contributed by atoms with Gasteiger partial charge in [0.15, 0.2) is 5.67 Å². The molecule has 0 aromatic heterocycles. The molecule has 0 N–H and O–H groups in total. The van der Waals surface area contributed by atoms with Gasteiger partial charge >= 0.3 is 0 Å². The Labute approximate surface area is 77.5 Å². The Kier molecular flexibility index (Phi) is 2.65. The average Bonchev–Trinajstić information content (AvgIpc) is 2.55. The zero-order valence-electron chi connectivity index (χ0n) is 8.41. The lowest BCUT2D eigenvalue weighted by molar-refractivity contribution is 0.0931. The summed E-state index contributed by atoms with van der Waals surface area (Å²) in [6, 6.07) is 0. The van der Waals surface area contributed by atoms with Crippen molar-refractivity contribution in [2.75, 3.05) is 0 Å². The lowest BCUT2D eigenvalue weighted by Crippen LogP contribution is -2.25. The number of halogens is 3. The fourth-order valence-corrected chi connectivity index (χ4v) is 1.82. The Balaban J connectivity index is 2.54. The van der Waals surface area contributed by atoms with E-state index in [0.717, 1.165) is 0 Å². The molecule has 0 spiro atoms. The van der Waals surface area contributed by atoms with Crippen LogP contribution in [0.15, 0.2) is 0 Å². The van der Waals surface area contributed by atoms with E-state index in [1.165, 1.54) is 0 Å². The molecule has 0 aromatic carbocycles. The standard InChI is InChI=1S/C10H17F3/c1-4-8(11)5-9(12)6-10(9,13)7(2)3/h7-8H,4-6H2,1-3H3. The molecule has 3 heteroatoms. The van der Waals surface area contributed by atoms with E-state index < -0.39 is 17.5 Å². The van der Waals surface area contributed by atoms with E-state index in [9.17, 15) is 13.2 Å². The van der Waals surface area contributed by atoms with Crippen molar-refractivity contribution >= 4 is 0 Å². The van der Waals surface area contributed by atoms with Gasteiger partial charge in [0.2, 0.25) is 0 Å². The molecular formula is C10H17F3. The first kappa shape index (κ1) is 10.9. The molecule has 0 amide bonds. The first-order chi connectivity index (χ1) is 5.85. The monoisotopic (exact) mass is 194 g/mol. The molecular weight excluding hydrogens is 177 g/mol. The summed E-state index contributed by atoms with van der Waals surface area (Å²) in [7, 11) is 0. The van der Waals surface area contributed by atoms with Gasteiger partial charge in [-0.05, 0) is 12.3 Å². The van der Waals surface area contributed by atoms with Crippen LogP contribution in [0.4, 0.5) is 13.2 Å². The smallest absolute Gasteiger partial charge is 0.151 e. The number of hydrogen-bond donors (Lipinski definition) is 0. The third-order valence-electron chi connectivity index (χ3n) is 3.06. The van der Waals surface area contributed by atoms with Crippen LogP contribution in [0.5, 0.6) is 0 Å².